The zero-order chi connectivity index (χ0) is 14.1. The van der Waals surface area contributed by atoms with E-state index in [1.54, 1.807) is 35.8 Å². The second-order valence-electron chi connectivity index (χ2n) is 4.14. The standard InChI is InChI=1S/C14H11N3O2S/c15-12-10(5-6-11-13(12)17-7-20-11)19-9-4-2-1-3-8(9)14(16)18/h1-7H,15H2,(H2,16,18). The van der Waals surface area contributed by atoms with Gasteiger partial charge in [0, 0.05) is 0 Å². The van der Waals surface area contributed by atoms with E-state index in [1.165, 1.54) is 11.3 Å². The number of ether oxygens (including phenoxy) is 1. The minimum atomic E-state index is -0.547. The first-order valence-corrected chi connectivity index (χ1v) is 6.73. The van der Waals surface area contributed by atoms with Gasteiger partial charge in [0.15, 0.2) is 5.75 Å². The zero-order valence-electron chi connectivity index (χ0n) is 10.4. The lowest BCUT2D eigenvalue weighted by molar-refractivity contribution is 0.0998. The maximum Gasteiger partial charge on any atom is 0.252 e. The summed E-state index contributed by atoms with van der Waals surface area (Å²) in [4.78, 5) is 15.6. The van der Waals surface area contributed by atoms with Crippen LogP contribution in [0.4, 0.5) is 5.69 Å². The van der Waals surface area contributed by atoms with Crippen molar-refractivity contribution >= 4 is 33.1 Å². The molecule has 0 bridgehead atoms. The van der Waals surface area contributed by atoms with Crippen molar-refractivity contribution in [2.45, 2.75) is 0 Å². The molecule has 6 heteroatoms. The van der Waals surface area contributed by atoms with E-state index in [1.807, 2.05) is 6.07 Å². The molecule has 1 heterocycles. The van der Waals surface area contributed by atoms with Gasteiger partial charge in [0.05, 0.1) is 15.8 Å². The molecule has 20 heavy (non-hydrogen) atoms. The zero-order valence-corrected chi connectivity index (χ0v) is 11.2. The molecule has 0 aliphatic rings. The molecule has 0 aliphatic carbocycles. The van der Waals surface area contributed by atoms with Gasteiger partial charge in [0.2, 0.25) is 0 Å². The summed E-state index contributed by atoms with van der Waals surface area (Å²) < 4.78 is 6.70. The largest absolute Gasteiger partial charge is 0.454 e. The number of hydrogen-bond donors (Lipinski definition) is 2. The highest BCUT2D eigenvalue weighted by atomic mass is 32.1. The molecule has 2 aromatic carbocycles. The molecule has 3 rings (SSSR count). The lowest BCUT2D eigenvalue weighted by atomic mass is 10.2. The van der Waals surface area contributed by atoms with Crippen molar-refractivity contribution < 1.29 is 9.53 Å². The van der Waals surface area contributed by atoms with Gasteiger partial charge in [-0.05, 0) is 24.3 Å². The van der Waals surface area contributed by atoms with Crippen molar-refractivity contribution in [1.82, 2.24) is 4.98 Å². The van der Waals surface area contributed by atoms with Crippen LogP contribution < -0.4 is 16.2 Å². The minimum Gasteiger partial charge on any atom is -0.454 e. The summed E-state index contributed by atoms with van der Waals surface area (Å²) >= 11 is 1.50. The molecule has 0 atom stereocenters. The Morgan fingerprint density at radius 1 is 1.15 bits per heavy atom. The van der Waals surface area contributed by atoms with Gasteiger partial charge in [0.1, 0.15) is 17.0 Å². The summed E-state index contributed by atoms with van der Waals surface area (Å²) in [5, 5.41) is 0. The molecule has 0 radical (unpaired) electrons. The van der Waals surface area contributed by atoms with Gasteiger partial charge in [-0.1, -0.05) is 12.1 Å². The topological polar surface area (TPSA) is 91.2 Å². The number of hydrogen-bond acceptors (Lipinski definition) is 5. The van der Waals surface area contributed by atoms with Crippen LogP contribution >= 0.6 is 11.3 Å². The van der Waals surface area contributed by atoms with Crippen molar-refractivity contribution in [3.05, 3.63) is 47.5 Å². The van der Waals surface area contributed by atoms with E-state index in [0.717, 1.165) is 4.70 Å². The first-order chi connectivity index (χ1) is 9.66. The smallest absolute Gasteiger partial charge is 0.252 e. The lowest BCUT2D eigenvalue weighted by Crippen LogP contribution is -2.12. The van der Waals surface area contributed by atoms with Gasteiger partial charge < -0.3 is 16.2 Å². The fourth-order valence-corrected chi connectivity index (χ4v) is 2.59. The number of benzene rings is 2. The minimum absolute atomic E-state index is 0.310. The van der Waals surface area contributed by atoms with Crippen molar-refractivity contribution in [2.75, 3.05) is 5.73 Å². The fraction of sp³-hybridized carbons (Fsp3) is 0. The monoisotopic (exact) mass is 285 g/mol. The van der Waals surface area contributed by atoms with E-state index < -0.39 is 5.91 Å². The number of amides is 1. The van der Waals surface area contributed by atoms with Crippen LogP contribution in [0.3, 0.4) is 0 Å². The molecular weight excluding hydrogens is 274 g/mol. The number of primary amides is 1. The molecule has 0 saturated carbocycles. The Kier molecular flexibility index (Phi) is 3.00. The molecule has 5 nitrogen and oxygen atoms in total. The average molecular weight is 285 g/mol. The molecule has 1 aromatic heterocycles. The number of aromatic nitrogens is 1. The number of carbonyl (C=O) groups is 1. The molecule has 0 unspecified atom stereocenters. The molecule has 0 fully saturated rings. The highest BCUT2D eigenvalue weighted by molar-refractivity contribution is 7.16. The van der Waals surface area contributed by atoms with Crippen molar-refractivity contribution in [2.24, 2.45) is 5.73 Å². The summed E-state index contributed by atoms with van der Waals surface area (Å²) in [5.41, 5.74) is 14.5. The molecule has 1 amide bonds. The van der Waals surface area contributed by atoms with Crippen LogP contribution in [0.1, 0.15) is 10.4 Å². The maximum absolute atomic E-state index is 11.4. The predicted octanol–water partition coefficient (Wildman–Crippen LogP) is 2.77. The van der Waals surface area contributed by atoms with Crippen LogP contribution in [0.2, 0.25) is 0 Å². The second kappa shape index (κ2) is 4.82. The van der Waals surface area contributed by atoms with Crippen molar-refractivity contribution in [3.63, 3.8) is 0 Å². The van der Waals surface area contributed by atoms with Gasteiger partial charge in [0.25, 0.3) is 5.91 Å². The number of thiazole rings is 1. The summed E-state index contributed by atoms with van der Waals surface area (Å²) in [6.45, 7) is 0. The van der Waals surface area contributed by atoms with Crippen LogP contribution in [-0.4, -0.2) is 10.9 Å². The van der Waals surface area contributed by atoms with Crippen LogP contribution in [0.5, 0.6) is 11.5 Å². The fourth-order valence-electron chi connectivity index (χ4n) is 1.90. The van der Waals surface area contributed by atoms with E-state index >= 15 is 0 Å². The summed E-state index contributed by atoms with van der Waals surface area (Å²) in [6.07, 6.45) is 0. The molecular formula is C14H11N3O2S. The Hall–Kier alpha value is -2.60. The lowest BCUT2D eigenvalue weighted by Gasteiger charge is -2.11. The predicted molar refractivity (Wildman–Crippen MR) is 79.1 cm³/mol. The first-order valence-electron chi connectivity index (χ1n) is 5.85. The van der Waals surface area contributed by atoms with Crippen LogP contribution in [0.25, 0.3) is 10.2 Å². The number of nitrogens with two attached hydrogens (primary N) is 2. The van der Waals surface area contributed by atoms with Crippen molar-refractivity contribution in [1.29, 1.82) is 0 Å². The first kappa shape index (κ1) is 12.4. The highest BCUT2D eigenvalue weighted by Crippen LogP contribution is 2.35. The third-order valence-electron chi connectivity index (χ3n) is 2.87. The molecule has 3 aromatic rings. The van der Waals surface area contributed by atoms with E-state index in [4.69, 9.17) is 16.2 Å². The molecule has 0 spiro atoms. The molecule has 100 valence electrons. The van der Waals surface area contributed by atoms with Crippen LogP contribution in [0, 0.1) is 0 Å². The maximum atomic E-state index is 11.4. The summed E-state index contributed by atoms with van der Waals surface area (Å²) in [5.74, 6) is 0.285. The molecule has 0 aliphatic heterocycles. The quantitative estimate of drug-likeness (QED) is 0.724. The Morgan fingerprint density at radius 3 is 2.75 bits per heavy atom. The number of nitrogens with zero attached hydrogens (tertiary/aromatic N) is 1. The van der Waals surface area contributed by atoms with Gasteiger partial charge >= 0.3 is 0 Å². The van der Waals surface area contributed by atoms with E-state index in [-0.39, 0.29) is 0 Å². The SMILES string of the molecule is NC(=O)c1ccccc1Oc1ccc2scnc2c1N. The van der Waals surface area contributed by atoms with Crippen molar-refractivity contribution in [3.8, 4) is 11.5 Å². The van der Waals surface area contributed by atoms with Gasteiger partial charge in [-0.25, -0.2) is 4.98 Å². The number of para-hydroxylation sites is 1. The van der Waals surface area contributed by atoms with Gasteiger partial charge in [-0.2, -0.15) is 0 Å². The third-order valence-corrected chi connectivity index (χ3v) is 3.67. The van der Waals surface area contributed by atoms with Gasteiger partial charge in [-0.15, -0.1) is 11.3 Å². The Balaban J connectivity index is 2.05. The average Bonchev–Trinajstić information content (AvgIpc) is 2.91. The Labute approximate surface area is 118 Å². The molecule has 0 saturated heterocycles. The van der Waals surface area contributed by atoms with E-state index in [9.17, 15) is 4.79 Å². The van der Waals surface area contributed by atoms with E-state index in [0.29, 0.717) is 28.3 Å². The number of fused-ring (bicyclic) bond motifs is 1. The van der Waals surface area contributed by atoms with Gasteiger partial charge in [-0.3, -0.25) is 4.79 Å². The summed E-state index contributed by atoms with van der Waals surface area (Å²) in [6, 6.07) is 10.4. The van der Waals surface area contributed by atoms with Crippen LogP contribution in [0.15, 0.2) is 41.9 Å². The van der Waals surface area contributed by atoms with Crippen LogP contribution in [-0.2, 0) is 0 Å². The number of carbonyl (C=O) groups excluding carboxylic acids is 1. The number of rotatable bonds is 3. The summed E-state index contributed by atoms with van der Waals surface area (Å²) in [7, 11) is 0. The molecule has 4 N–H and O–H groups in total. The Bertz CT molecular complexity index is 798. The Morgan fingerprint density at radius 2 is 1.95 bits per heavy atom. The van der Waals surface area contributed by atoms with E-state index in [2.05, 4.69) is 4.98 Å². The number of anilines is 1. The highest BCUT2D eigenvalue weighted by Gasteiger charge is 2.13. The normalized spacial score (nSPS) is 10.6. The second-order valence-corrected chi connectivity index (χ2v) is 5.03. The third kappa shape index (κ3) is 2.06. The number of nitrogen functional groups attached to an aromatic ring is 1.